The van der Waals surface area contributed by atoms with Gasteiger partial charge in [-0.15, -0.1) is 24.0 Å². The molecule has 2 rings (SSSR count). The van der Waals surface area contributed by atoms with E-state index in [9.17, 15) is 5.11 Å². The zero-order chi connectivity index (χ0) is 15.5. The van der Waals surface area contributed by atoms with Crippen molar-refractivity contribution in [1.29, 1.82) is 0 Å². The number of methoxy groups -OCH3 is 1. The molecule has 0 heterocycles. The Hall–Kier alpha value is -0.0800. The van der Waals surface area contributed by atoms with E-state index in [-0.39, 0.29) is 29.4 Å². The lowest BCUT2D eigenvalue weighted by atomic mass is 9.64. The van der Waals surface area contributed by atoms with Crippen LogP contribution in [0.25, 0.3) is 0 Å². The summed E-state index contributed by atoms with van der Waals surface area (Å²) in [4.78, 5) is 4.61. The predicted molar refractivity (Wildman–Crippen MR) is 101 cm³/mol. The minimum atomic E-state index is -0.591. The van der Waals surface area contributed by atoms with Gasteiger partial charge in [0.15, 0.2) is 5.96 Å². The van der Waals surface area contributed by atoms with E-state index in [1.54, 1.807) is 7.11 Å². The quantitative estimate of drug-likeness (QED) is 0.359. The minimum absolute atomic E-state index is 0. The Kier molecular flexibility index (Phi) is 7.39. The van der Waals surface area contributed by atoms with Crippen LogP contribution in [0.5, 0.6) is 0 Å². The summed E-state index contributed by atoms with van der Waals surface area (Å²) < 4.78 is 5.49. The van der Waals surface area contributed by atoms with Gasteiger partial charge in [-0.3, -0.25) is 4.99 Å². The van der Waals surface area contributed by atoms with Crippen molar-refractivity contribution < 1.29 is 9.84 Å². The van der Waals surface area contributed by atoms with Gasteiger partial charge in [-0.1, -0.05) is 26.7 Å². The van der Waals surface area contributed by atoms with Gasteiger partial charge in [-0.05, 0) is 26.2 Å². The van der Waals surface area contributed by atoms with E-state index in [4.69, 9.17) is 4.74 Å². The van der Waals surface area contributed by atoms with Crippen molar-refractivity contribution in [3.63, 3.8) is 0 Å². The summed E-state index contributed by atoms with van der Waals surface area (Å²) in [7, 11) is 1.78. The Morgan fingerprint density at radius 1 is 1.32 bits per heavy atom. The van der Waals surface area contributed by atoms with E-state index in [2.05, 4.69) is 36.4 Å². The highest BCUT2D eigenvalue weighted by atomic mass is 127. The maximum Gasteiger partial charge on any atom is 0.191 e. The monoisotopic (exact) mass is 425 g/mol. The lowest BCUT2D eigenvalue weighted by Crippen LogP contribution is -2.63. The fourth-order valence-electron chi connectivity index (χ4n) is 3.43. The Labute approximate surface area is 151 Å². The molecule has 0 radical (unpaired) electrons. The molecule has 3 N–H and O–H groups in total. The number of aliphatic imine (C=N–C) groups is 1. The molecular formula is C16H32IN3O2. The molecule has 2 aliphatic carbocycles. The second-order valence-corrected chi connectivity index (χ2v) is 7.10. The largest absolute Gasteiger partial charge is 0.388 e. The van der Waals surface area contributed by atoms with E-state index < -0.39 is 5.60 Å². The lowest BCUT2D eigenvalue weighted by molar-refractivity contribution is -0.0922. The van der Waals surface area contributed by atoms with Gasteiger partial charge in [0, 0.05) is 25.1 Å². The Bertz CT molecular complexity index is 382. The molecule has 2 fully saturated rings. The zero-order valence-electron chi connectivity index (χ0n) is 14.3. The van der Waals surface area contributed by atoms with Crippen molar-refractivity contribution in [1.82, 2.24) is 10.6 Å². The van der Waals surface area contributed by atoms with Gasteiger partial charge in [-0.25, -0.2) is 0 Å². The van der Waals surface area contributed by atoms with Crippen LogP contribution in [0, 0.1) is 5.41 Å². The standard InChI is InChI=1S/C16H31N3O2.HI/c1-5-17-14(18-11-16(20)8-6-7-9-16)19-12-10-13(21-4)15(12,2)3;/h12-13,20H,5-11H2,1-4H3,(H2,17,18,19);1H. The van der Waals surface area contributed by atoms with Gasteiger partial charge in [0.2, 0.25) is 0 Å². The number of rotatable bonds is 5. The number of hydrogen-bond donors (Lipinski definition) is 3. The zero-order valence-corrected chi connectivity index (χ0v) is 16.6. The fraction of sp³-hybridized carbons (Fsp3) is 0.938. The maximum atomic E-state index is 10.4. The number of ether oxygens (including phenoxy) is 1. The van der Waals surface area contributed by atoms with Crippen molar-refractivity contribution in [3.8, 4) is 0 Å². The summed E-state index contributed by atoms with van der Waals surface area (Å²) in [5.41, 5.74) is -0.484. The molecule has 0 amide bonds. The molecule has 2 atom stereocenters. The van der Waals surface area contributed by atoms with Gasteiger partial charge < -0.3 is 20.5 Å². The van der Waals surface area contributed by atoms with Crippen LogP contribution >= 0.6 is 24.0 Å². The molecule has 6 heteroatoms. The molecule has 5 nitrogen and oxygen atoms in total. The number of nitrogens with one attached hydrogen (secondary N) is 2. The fourth-order valence-corrected chi connectivity index (χ4v) is 3.43. The molecule has 2 saturated carbocycles. The third-order valence-corrected chi connectivity index (χ3v) is 5.18. The molecule has 0 aromatic carbocycles. The number of aliphatic hydroxyl groups is 1. The lowest BCUT2D eigenvalue weighted by Gasteiger charge is -2.51. The highest BCUT2D eigenvalue weighted by Gasteiger charge is 2.49. The SMILES string of the molecule is CCNC(=NCC1(O)CCCC1)NC1CC(OC)C1(C)C.I. The van der Waals surface area contributed by atoms with Crippen molar-refractivity contribution in [3.05, 3.63) is 0 Å². The van der Waals surface area contributed by atoms with Crippen LogP contribution in [0.3, 0.4) is 0 Å². The van der Waals surface area contributed by atoms with Crippen LogP contribution in [0.4, 0.5) is 0 Å². The minimum Gasteiger partial charge on any atom is -0.388 e. The third-order valence-electron chi connectivity index (χ3n) is 5.18. The Morgan fingerprint density at radius 3 is 2.45 bits per heavy atom. The van der Waals surface area contributed by atoms with Crippen LogP contribution in [0.1, 0.15) is 52.9 Å². The Balaban J connectivity index is 0.00000242. The second-order valence-electron chi connectivity index (χ2n) is 7.10. The van der Waals surface area contributed by atoms with Crippen LogP contribution in [-0.4, -0.2) is 49.0 Å². The summed E-state index contributed by atoms with van der Waals surface area (Å²) in [6, 6.07) is 0.360. The highest BCUT2D eigenvalue weighted by molar-refractivity contribution is 14.0. The second kappa shape index (κ2) is 8.15. The van der Waals surface area contributed by atoms with Crippen LogP contribution in [-0.2, 0) is 4.74 Å². The molecule has 22 heavy (non-hydrogen) atoms. The molecule has 0 aromatic heterocycles. The van der Waals surface area contributed by atoms with Crippen molar-refractivity contribution >= 4 is 29.9 Å². The normalized spacial score (nSPS) is 29.4. The molecule has 0 spiro atoms. The van der Waals surface area contributed by atoms with Crippen LogP contribution in [0.15, 0.2) is 4.99 Å². The van der Waals surface area contributed by atoms with E-state index in [0.29, 0.717) is 18.7 Å². The van der Waals surface area contributed by atoms with E-state index in [0.717, 1.165) is 44.6 Å². The van der Waals surface area contributed by atoms with E-state index in [1.165, 1.54) is 0 Å². The number of guanidine groups is 1. The molecule has 0 bridgehead atoms. The molecule has 2 aliphatic rings. The highest BCUT2D eigenvalue weighted by Crippen LogP contribution is 2.42. The van der Waals surface area contributed by atoms with Crippen molar-refractivity contribution in [2.75, 3.05) is 20.2 Å². The first-order valence-electron chi connectivity index (χ1n) is 8.21. The van der Waals surface area contributed by atoms with Gasteiger partial charge >= 0.3 is 0 Å². The van der Waals surface area contributed by atoms with Crippen molar-refractivity contribution in [2.45, 2.75) is 70.6 Å². The maximum absolute atomic E-state index is 10.4. The molecular weight excluding hydrogens is 393 g/mol. The van der Waals surface area contributed by atoms with Crippen molar-refractivity contribution in [2.24, 2.45) is 10.4 Å². The summed E-state index contributed by atoms with van der Waals surface area (Å²) in [5.74, 6) is 0.811. The molecule has 0 aliphatic heterocycles. The first-order chi connectivity index (χ1) is 9.91. The summed E-state index contributed by atoms with van der Waals surface area (Å²) in [5, 5.41) is 17.2. The predicted octanol–water partition coefficient (Wildman–Crippen LogP) is 2.28. The number of halogens is 1. The molecule has 130 valence electrons. The average molecular weight is 425 g/mol. The van der Waals surface area contributed by atoms with Crippen LogP contribution in [0.2, 0.25) is 0 Å². The van der Waals surface area contributed by atoms with Gasteiger partial charge in [0.05, 0.1) is 18.2 Å². The summed E-state index contributed by atoms with van der Waals surface area (Å²) in [6.07, 6.45) is 5.27. The molecule has 2 unspecified atom stereocenters. The first kappa shape index (κ1) is 20.0. The smallest absolute Gasteiger partial charge is 0.191 e. The molecule has 0 aromatic rings. The van der Waals surface area contributed by atoms with Gasteiger partial charge in [-0.2, -0.15) is 0 Å². The molecule has 0 saturated heterocycles. The summed E-state index contributed by atoms with van der Waals surface area (Å²) >= 11 is 0. The van der Waals surface area contributed by atoms with Crippen LogP contribution < -0.4 is 10.6 Å². The van der Waals surface area contributed by atoms with Gasteiger partial charge in [0.1, 0.15) is 0 Å². The summed E-state index contributed by atoms with van der Waals surface area (Å²) in [6.45, 7) is 7.81. The number of nitrogens with zero attached hydrogens (tertiary/aromatic N) is 1. The topological polar surface area (TPSA) is 65.9 Å². The first-order valence-corrected chi connectivity index (χ1v) is 8.21. The number of hydrogen-bond acceptors (Lipinski definition) is 3. The third kappa shape index (κ3) is 4.47. The van der Waals surface area contributed by atoms with Gasteiger partial charge in [0.25, 0.3) is 0 Å². The average Bonchev–Trinajstić information content (AvgIpc) is 2.87. The van der Waals surface area contributed by atoms with E-state index >= 15 is 0 Å². The van der Waals surface area contributed by atoms with E-state index in [1.807, 2.05) is 0 Å². The Morgan fingerprint density at radius 2 is 1.95 bits per heavy atom.